The van der Waals surface area contributed by atoms with Crippen molar-refractivity contribution >= 4 is 12.0 Å². The third-order valence-corrected chi connectivity index (χ3v) is 2.55. The summed E-state index contributed by atoms with van der Waals surface area (Å²) in [7, 11) is 2.95. The highest BCUT2D eigenvalue weighted by Crippen LogP contribution is 2.12. The van der Waals surface area contributed by atoms with Gasteiger partial charge in [0.25, 0.3) is 0 Å². The number of ether oxygens (including phenoxy) is 2. The molecule has 0 aliphatic rings. The number of carbonyl (C=O) groups excluding carboxylic acids is 1. The molecule has 1 atom stereocenters. The molecule has 0 saturated carbocycles. The molecule has 7 heteroatoms. The Balaban J connectivity index is 2.57. The van der Waals surface area contributed by atoms with Gasteiger partial charge in [0.2, 0.25) is 5.91 Å². The number of amides is 2. The van der Waals surface area contributed by atoms with Gasteiger partial charge in [-0.05, 0) is 17.7 Å². The normalized spacial score (nSPS) is 11.5. The zero-order valence-electron chi connectivity index (χ0n) is 11.4. The van der Waals surface area contributed by atoms with E-state index in [1.807, 2.05) is 12.1 Å². The van der Waals surface area contributed by atoms with E-state index in [1.54, 1.807) is 19.2 Å². The van der Waals surface area contributed by atoms with E-state index in [1.165, 1.54) is 7.11 Å². The molecular formula is C13H18N2O5. The zero-order valence-corrected chi connectivity index (χ0v) is 11.4. The molecule has 0 saturated heterocycles. The van der Waals surface area contributed by atoms with Crippen LogP contribution in [0.2, 0.25) is 0 Å². The quantitative estimate of drug-likeness (QED) is 0.680. The van der Waals surface area contributed by atoms with Gasteiger partial charge >= 0.3 is 6.09 Å². The minimum Gasteiger partial charge on any atom is -0.497 e. The van der Waals surface area contributed by atoms with Crippen molar-refractivity contribution in [1.29, 1.82) is 0 Å². The van der Waals surface area contributed by atoms with Crippen LogP contribution in [0.25, 0.3) is 0 Å². The summed E-state index contributed by atoms with van der Waals surface area (Å²) in [6, 6.07) is 6.28. The average Bonchev–Trinajstić information content (AvgIpc) is 2.44. The largest absolute Gasteiger partial charge is 0.497 e. The molecule has 0 aromatic heterocycles. The SMILES string of the molecule is COC[C@H](NC(=O)O)C(=O)NCc1cccc(OC)c1. The molecule has 7 nitrogen and oxygen atoms in total. The molecule has 0 heterocycles. The van der Waals surface area contributed by atoms with Gasteiger partial charge in [-0.25, -0.2) is 4.79 Å². The van der Waals surface area contributed by atoms with Crippen molar-refractivity contribution in [3.63, 3.8) is 0 Å². The number of benzene rings is 1. The van der Waals surface area contributed by atoms with Crippen molar-refractivity contribution < 1.29 is 24.2 Å². The first kappa shape index (κ1) is 15.8. The van der Waals surface area contributed by atoms with Crippen molar-refractivity contribution in [2.75, 3.05) is 20.8 Å². The molecule has 2 amide bonds. The zero-order chi connectivity index (χ0) is 15.0. The van der Waals surface area contributed by atoms with Crippen LogP contribution >= 0.6 is 0 Å². The molecule has 0 spiro atoms. The lowest BCUT2D eigenvalue weighted by Gasteiger charge is -2.16. The molecule has 0 aliphatic carbocycles. The van der Waals surface area contributed by atoms with Crippen molar-refractivity contribution in [2.24, 2.45) is 0 Å². The Morgan fingerprint density at radius 3 is 2.70 bits per heavy atom. The van der Waals surface area contributed by atoms with Gasteiger partial charge < -0.3 is 25.2 Å². The van der Waals surface area contributed by atoms with Gasteiger partial charge in [-0.1, -0.05) is 12.1 Å². The van der Waals surface area contributed by atoms with E-state index in [2.05, 4.69) is 10.6 Å². The molecule has 0 fully saturated rings. The summed E-state index contributed by atoms with van der Waals surface area (Å²) in [5.74, 6) is 0.242. The van der Waals surface area contributed by atoms with Gasteiger partial charge in [-0.15, -0.1) is 0 Å². The third kappa shape index (κ3) is 5.15. The van der Waals surface area contributed by atoms with Crippen LogP contribution in [0.3, 0.4) is 0 Å². The van der Waals surface area contributed by atoms with Gasteiger partial charge in [0.15, 0.2) is 0 Å². The number of hydrogen-bond donors (Lipinski definition) is 3. The van der Waals surface area contributed by atoms with E-state index >= 15 is 0 Å². The molecule has 0 bridgehead atoms. The maximum absolute atomic E-state index is 11.8. The van der Waals surface area contributed by atoms with Crippen LogP contribution in [0, 0.1) is 0 Å². The minimum absolute atomic E-state index is 0.0315. The minimum atomic E-state index is -1.27. The van der Waals surface area contributed by atoms with Crippen LogP contribution < -0.4 is 15.4 Å². The van der Waals surface area contributed by atoms with Crippen molar-refractivity contribution in [3.8, 4) is 5.75 Å². The lowest BCUT2D eigenvalue weighted by atomic mass is 10.2. The summed E-state index contributed by atoms with van der Waals surface area (Å²) in [5, 5.41) is 13.4. The Morgan fingerprint density at radius 2 is 2.10 bits per heavy atom. The molecule has 1 aromatic rings. The Bertz CT molecular complexity index is 464. The van der Waals surface area contributed by atoms with E-state index in [4.69, 9.17) is 14.6 Å². The van der Waals surface area contributed by atoms with Gasteiger partial charge in [0, 0.05) is 13.7 Å². The molecule has 110 valence electrons. The van der Waals surface area contributed by atoms with Gasteiger partial charge in [0.1, 0.15) is 11.8 Å². The first-order chi connectivity index (χ1) is 9.56. The van der Waals surface area contributed by atoms with Crippen LogP contribution in [0.15, 0.2) is 24.3 Å². The predicted molar refractivity (Wildman–Crippen MR) is 71.7 cm³/mol. The number of carbonyl (C=O) groups is 2. The molecular weight excluding hydrogens is 264 g/mol. The highest BCUT2D eigenvalue weighted by molar-refractivity contribution is 5.85. The molecule has 0 aliphatic heterocycles. The van der Waals surface area contributed by atoms with Crippen LogP contribution in [-0.2, 0) is 16.1 Å². The third-order valence-electron chi connectivity index (χ3n) is 2.55. The topological polar surface area (TPSA) is 96.9 Å². The molecule has 3 N–H and O–H groups in total. The summed E-state index contributed by atoms with van der Waals surface area (Å²) in [6.07, 6.45) is -1.27. The van der Waals surface area contributed by atoms with Crippen LogP contribution in [-0.4, -0.2) is 44.0 Å². The monoisotopic (exact) mass is 282 g/mol. The standard InChI is InChI=1S/C13H18N2O5/c1-19-8-11(15-13(17)18)12(16)14-7-9-4-3-5-10(6-9)20-2/h3-6,11,15H,7-8H2,1-2H3,(H,14,16)(H,17,18)/t11-/m0/s1. The lowest BCUT2D eigenvalue weighted by Crippen LogP contribution is -2.48. The predicted octanol–water partition coefficient (Wildman–Crippen LogP) is 0.594. The Kier molecular flexibility index (Phi) is 6.31. The highest BCUT2D eigenvalue weighted by Gasteiger charge is 2.19. The summed E-state index contributed by atoms with van der Waals surface area (Å²) in [5.41, 5.74) is 0.851. The second kappa shape index (κ2) is 8.00. The summed E-state index contributed by atoms with van der Waals surface area (Å²) in [6.45, 7) is 0.244. The molecule has 0 unspecified atom stereocenters. The smallest absolute Gasteiger partial charge is 0.405 e. The van der Waals surface area contributed by atoms with Crippen molar-refractivity contribution in [3.05, 3.63) is 29.8 Å². The first-order valence-corrected chi connectivity index (χ1v) is 5.96. The van der Waals surface area contributed by atoms with Crippen molar-refractivity contribution in [1.82, 2.24) is 10.6 Å². The Hall–Kier alpha value is -2.28. The van der Waals surface area contributed by atoms with E-state index < -0.39 is 18.0 Å². The van der Waals surface area contributed by atoms with E-state index in [0.717, 1.165) is 5.56 Å². The molecule has 20 heavy (non-hydrogen) atoms. The highest BCUT2D eigenvalue weighted by atomic mass is 16.5. The molecule has 0 radical (unpaired) electrons. The van der Waals surface area contributed by atoms with Crippen LogP contribution in [0.4, 0.5) is 4.79 Å². The second-order valence-electron chi connectivity index (χ2n) is 4.03. The van der Waals surface area contributed by atoms with Crippen LogP contribution in [0.1, 0.15) is 5.56 Å². The second-order valence-corrected chi connectivity index (χ2v) is 4.03. The number of hydrogen-bond acceptors (Lipinski definition) is 4. The summed E-state index contributed by atoms with van der Waals surface area (Å²) < 4.78 is 9.89. The number of nitrogens with one attached hydrogen (secondary N) is 2. The summed E-state index contributed by atoms with van der Waals surface area (Å²) in [4.78, 5) is 22.4. The maximum atomic E-state index is 11.8. The summed E-state index contributed by atoms with van der Waals surface area (Å²) >= 11 is 0. The Morgan fingerprint density at radius 1 is 1.35 bits per heavy atom. The van der Waals surface area contributed by atoms with E-state index in [9.17, 15) is 9.59 Å². The fourth-order valence-electron chi connectivity index (χ4n) is 1.59. The van der Waals surface area contributed by atoms with Gasteiger partial charge in [-0.2, -0.15) is 0 Å². The first-order valence-electron chi connectivity index (χ1n) is 5.96. The van der Waals surface area contributed by atoms with Gasteiger partial charge in [-0.3, -0.25) is 4.79 Å². The fourth-order valence-corrected chi connectivity index (χ4v) is 1.59. The van der Waals surface area contributed by atoms with Crippen LogP contribution in [0.5, 0.6) is 5.75 Å². The fraction of sp³-hybridized carbons (Fsp3) is 0.385. The van der Waals surface area contributed by atoms with Gasteiger partial charge in [0.05, 0.1) is 13.7 Å². The number of carboxylic acid groups (broad SMARTS) is 1. The number of methoxy groups -OCH3 is 2. The van der Waals surface area contributed by atoms with Crippen molar-refractivity contribution in [2.45, 2.75) is 12.6 Å². The molecule has 1 aromatic carbocycles. The van der Waals surface area contributed by atoms with E-state index in [-0.39, 0.29) is 13.2 Å². The lowest BCUT2D eigenvalue weighted by molar-refractivity contribution is -0.124. The molecule has 1 rings (SSSR count). The number of rotatable bonds is 7. The van der Waals surface area contributed by atoms with E-state index in [0.29, 0.717) is 5.75 Å². The average molecular weight is 282 g/mol. The Labute approximate surface area is 116 Å². The maximum Gasteiger partial charge on any atom is 0.405 e.